The van der Waals surface area contributed by atoms with E-state index in [1.165, 1.54) is 9.78 Å². The predicted octanol–water partition coefficient (Wildman–Crippen LogP) is 8.49. The first-order valence-corrected chi connectivity index (χ1v) is 26.9. The van der Waals surface area contributed by atoms with Crippen molar-refractivity contribution >= 4 is 57.6 Å². The number of carbonyl (C=O) groups excluding carboxylic acids is 4. The third-order valence-electron chi connectivity index (χ3n) is 13.3. The number of hydrogen-bond donors (Lipinski definition) is 3. The topological polar surface area (TPSA) is 199 Å². The Hall–Kier alpha value is -6.44. The van der Waals surface area contributed by atoms with Gasteiger partial charge in [-0.25, -0.2) is 4.98 Å². The number of hydrogen-bond acceptors (Lipinski definition) is 14. The summed E-state index contributed by atoms with van der Waals surface area (Å²) in [5.74, 6) is 0.869. The molecule has 1 fully saturated rings. The van der Waals surface area contributed by atoms with E-state index in [9.17, 15) is 24.3 Å². The molecule has 0 saturated carbocycles. The fraction of sp³-hybridized carbons (Fsp3) is 0.429. The van der Waals surface area contributed by atoms with Crippen molar-refractivity contribution in [2.75, 3.05) is 44.9 Å². The number of ketones is 1. The van der Waals surface area contributed by atoms with Crippen molar-refractivity contribution < 1.29 is 38.5 Å². The Bertz CT molecular complexity index is 2940. The summed E-state index contributed by atoms with van der Waals surface area (Å²) in [4.78, 5) is 67.5. The summed E-state index contributed by atoms with van der Waals surface area (Å²) in [6.45, 7) is 15.1. The molecular weight excluding hydrogens is 977 g/mol. The standard InChI is InChI=1S/C56H66N8O8S2/c1-34-36(3)74-55-49(34)50(39-13-9-8-10-14-39)59-44(53-62-61-37(4)64(53)55)30-47(67)58-41-20-22-43(23-21-41)72-28-12-26-70-25-11-27-71-32-48(68)60-52(56(5,6)7)54(69)63-31-42(65)29-45(63)46(66)24-17-38-15-18-40(19-16-38)51-35(2)57-33-73-51/h8-10,13-16,18-23,33,42,44-45,52,65H,11-12,17,24-32H2,1-7H3,(H,58,67)(H,60,68)/t42-,44+,45+,52-/m1/s1. The molecule has 4 atom stereocenters. The molecule has 0 radical (unpaired) electrons. The number of Topliss-reactive ketones (excluding diaryl/α,β-unsaturated/α-hetero) is 1. The van der Waals surface area contributed by atoms with Crippen LogP contribution in [0.1, 0.15) is 103 Å². The lowest BCUT2D eigenvalue weighted by molar-refractivity contribution is -0.144. The highest BCUT2D eigenvalue weighted by Crippen LogP contribution is 2.40. The van der Waals surface area contributed by atoms with E-state index < -0.39 is 41.5 Å². The number of thiophene rings is 1. The first kappa shape index (κ1) is 53.8. The Morgan fingerprint density at radius 1 is 0.851 bits per heavy atom. The molecule has 18 heteroatoms. The molecule has 1 saturated heterocycles. The fourth-order valence-electron chi connectivity index (χ4n) is 9.24. The van der Waals surface area contributed by atoms with Crippen LogP contribution in [0.15, 0.2) is 89.4 Å². The molecule has 3 aromatic carbocycles. The maximum Gasteiger partial charge on any atom is 0.246 e. The van der Waals surface area contributed by atoms with E-state index in [4.69, 9.17) is 19.2 Å². The highest BCUT2D eigenvalue weighted by Gasteiger charge is 2.44. The number of nitrogens with one attached hydrogen (secondary N) is 2. The lowest BCUT2D eigenvalue weighted by Gasteiger charge is -2.35. The Labute approximate surface area is 440 Å². The zero-order valence-corrected chi connectivity index (χ0v) is 44.8. The summed E-state index contributed by atoms with van der Waals surface area (Å²) in [5.41, 5.74) is 8.85. The minimum Gasteiger partial charge on any atom is -0.494 e. The van der Waals surface area contributed by atoms with Gasteiger partial charge in [-0.1, -0.05) is 75.4 Å². The molecule has 2 aliphatic heterocycles. The maximum absolute atomic E-state index is 14.0. The monoisotopic (exact) mass is 1040 g/mol. The number of aliphatic hydroxyl groups excluding tert-OH is 1. The van der Waals surface area contributed by atoms with Crippen molar-refractivity contribution in [1.29, 1.82) is 0 Å². The normalized spacial score (nSPS) is 16.7. The summed E-state index contributed by atoms with van der Waals surface area (Å²) in [6, 6.07) is 23.1. The number of carbonyl (C=O) groups is 4. The average Bonchev–Trinajstić information content (AvgIpc) is 4.15. The summed E-state index contributed by atoms with van der Waals surface area (Å²) in [7, 11) is 0. The van der Waals surface area contributed by atoms with Crippen LogP contribution in [0.5, 0.6) is 5.75 Å². The second kappa shape index (κ2) is 24.3. The molecule has 0 bridgehead atoms. The molecule has 8 rings (SSSR count). The smallest absolute Gasteiger partial charge is 0.246 e. The molecule has 3 amide bonds. The molecule has 6 aromatic rings. The number of aromatic nitrogens is 4. The Morgan fingerprint density at radius 2 is 1.57 bits per heavy atom. The summed E-state index contributed by atoms with van der Waals surface area (Å²) in [6.07, 6.45) is 1.34. The van der Waals surface area contributed by atoms with Crippen molar-refractivity contribution in [3.05, 3.63) is 129 Å². The SMILES string of the molecule is Cc1ncsc1-c1ccc(CCC(=O)[C@@H]2C[C@@H](O)CN2C(=O)[C@@H](NC(=O)COCCCOCCCOc2ccc(NC(=O)C[C@@H]3N=C(c4ccccc4)c4c(sc(C)c4C)-n4c(C)nnc43)cc2)C(C)(C)C)cc1. The maximum atomic E-state index is 14.0. The van der Waals surface area contributed by atoms with Gasteiger partial charge in [0, 0.05) is 67.3 Å². The van der Waals surface area contributed by atoms with E-state index in [2.05, 4.69) is 39.7 Å². The molecule has 0 spiro atoms. The molecule has 2 aliphatic rings. The van der Waals surface area contributed by atoms with Crippen LogP contribution in [0.3, 0.4) is 0 Å². The number of nitrogens with zero attached hydrogens (tertiary/aromatic N) is 6. The highest BCUT2D eigenvalue weighted by molar-refractivity contribution is 7.15. The van der Waals surface area contributed by atoms with E-state index in [-0.39, 0.29) is 50.7 Å². The molecule has 3 aromatic heterocycles. The Balaban J connectivity index is 0.719. The van der Waals surface area contributed by atoms with Crippen molar-refractivity contribution in [1.82, 2.24) is 30.0 Å². The number of rotatable bonds is 22. The largest absolute Gasteiger partial charge is 0.494 e. The van der Waals surface area contributed by atoms with Crippen molar-refractivity contribution in [2.24, 2.45) is 10.4 Å². The van der Waals surface area contributed by atoms with Crippen LogP contribution < -0.4 is 15.4 Å². The van der Waals surface area contributed by atoms with Gasteiger partial charge in [-0.2, -0.15) is 0 Å². The zero-order valence-electron chi connectivity index (χ0n) is 43.2. The van der Waals surface area contributed by atoms with Gasteiger partial charge in [-0.15, -0.1) is 32.9 Å². The van der Waals surface area contributed by atoms with E-state index in [1.54, 1.807) is 34.8 Å². The molecular formula is C56H66N8O8S2. The molecule has 16 nitrogen and oxygen atoms in total. The van der Waals surface area contributed by atoms with E-state index in [0.29, 0.717) is 56.3 Å². The molecule has 0 unspecified atom stereocenters. The van der Waals surface area contributed by atoms with Crippen LogP contribution in [-0.2, 0) is 35.1 Å². The Morgan fingerprint density at radius 3 is 2.27 bits per heavy atom. The minimum atomic E-state index is -0.933. The van der Waals surface area contributed by atoms with E-state index in [1.807, 2.05) is 111 Å². The number of thiazole rings is 1. The summed E-state index contributed by atoms with van der Waals surface area (Å²) in [5, 5.41) is 26.4. The number of likely N-dealkylation sites (tertiary alicyclic amines) is 1. The van der Waals surface area contributed by atoms with Crippen LogP contribution in [0.2, 0.25) is 0 Å². The van der Waals surface area contributed by atoms with Crippen LogP contribution in [-0.4, -0.2) is 117 Å². The van der Waals surface area contributed by atoms with Gasteiger partial charge in [-0.3, -0.25) is 28.7 Å². The van der Waals surface area contributed by atoms with Gasteiger partial charge in [0.05, 0.1) is 47.0 Å². The lowest BCUT2D eigenvalue weighted by atomic mass is 9.85. The number of amides is 3. The lowest BCUT2D eigenvalue weighted by Crippen LogP contribution is -2.57. The number of aryl methyl sites for hydroxylation is 4. The summed E-state index contributed by atoms with van der Waals surface area (Å²) < 4.78 is 19.4. The molecule has 74 heavy (non-hydrogen) atoms. The van der Waals surface area contributed by atoms with Crippen molar-refractivity contribution in [3.63, 3.8) is 0 Å². The number of ether oxygens (including phenoxy) is 3. The first-order valence-electron chi connectivity index (χ1n) is 25.2. The zero-order chi connectivity index (χ0) is 52.5. The quantitative estimate of drug-likeness (QED) is 0.0551. The van der Waals surface area contributed by atoms with E-state index in [0.717, 1.165) is 54.9 Å². The Kier molecular flexibility index (Phi) is 17.7. The van der Waals surface area contributed by atoms with Gasteiger partial charge in [0.1, 0.15) is 35.3 Å². The van der Waals surface area contributed by atoms with Crippen LogP contribution >= 0.6 is 22.7 Å². The van der Waals surface area contributed by atoms with Gasteiger partial charge in [0.15, 0.2) is 11.6 Å². The number of anilines is 1. The molecule has 3 N–H and O–H groups in total. The van der Waals surface area contributed by atoms with Crippen LogP contribution in [0.25, 0.3) is 15.4 Å². The van der Waals surface area contributed by atoms with Crippen LogP contribution in [0.4, 0.5) is 5.69 Å². The number of aliphatic imine (C=N–C) groups is 1. The van der Waals surface area contributed by atoms with Crippen LogP contribution in [0, 0.1) is 33.1 Å². The van der Waals surface area contributed by atoms with Gasteiger partial charge in [0.2, 0.25) is 17.7 Å². The minimum absolute atomic E-state index is 0.0247. The molecule has 390 valence electrons. The van der Waals surface area contributed by atoms with Gasteiger partial charge in [0.25, 0.3) is 0 Å². The van der Waals surface area contributed by atoms with Gasteiger partial charge < -0.3 is 34.9 Å². The third kappa shape index (κ3) is 13.1. The fourth-order valence-corrected chi connectivity index (χ4v) is 11.3. The summed E-state index contributed by atoms with van der Waals surface area (Å²) >= 11 is 3.27. The van der Waals surface area contributed by atoms with E-state index >= 15 is 0 Å². The van der Waals surface area contributed by atoms with Gasteiger partial charge >= 0.3 is 0 Å². The third-order valence-corrected chi connectivity index (χ3v) is 15.5. The highest BCUT2D eigenvalue weighted by atomic mass is 32.1. The predicted molar refractivity (Wildman–Crippen MR) is 287 cm³/mol. The average molecular weight is 1040 g/mol. The molecule has 5 heterocycles. The molecule has 0 aliphatic carbocycles. The number of β-amino-alcohol motifs (C(OH)–C–C–N with tert-alkyl or cyclic N) is 1. The van der Waals surface area contributed by atoms with Gasteiger partial charge in [-0.05, 0) is 86.9 Å². The number of aliphatic hydroxyl groups is 1. The van der Waals surface area contributed by atoms with Crippen molar-refractivity contribution in [3.8, 4) is 21.2 Å². The first-order chi connectivity index (χ1) is 35.5. The van der Waals surface area contributed by atoms with Crippen molar-refractivity contribution in [2.45, 2.75) is 111 Å². The second-order valence-electron chi connectivity index (χ2n) is 20.0. The second-order valence-corrected chi connectivity index (χ2v) is 22.0. The number of fused-ring (bicyclic) bond motifs is 3. The number of benzene rings is 3.